The van der Waals surface area contributed by atoms with Crippen molar-refractivity contribution in [2.45, 2.75) is 19.4 Å². The number of likely N-dealkylation sites (tertiary alicyclic amines) is 1. The number of benzene rings is 2. The number of amides is 1. The van der Waals surface area contributed by atoms with Crippen molar-refractivity contribution in [2.75, 3.05) is 13.1 Å². The van der Waals surface area contributed by atoms with E-state index in [1.54, 1.807) is 23.1 Å². The molecule has 0 bridgehead atoms. The van der Waals surface area contributed by atoms with E-state index in [0.29, 0.717) is 41.1 Å². The van der Waals surface area contributed by atoms with Crippen molar-refractivity contribution in [2.24, 2.45) is 11.7 Å². The van der Waals surface area contributed by atoms with E-state index in [1.165, 1.54) is 24.3 Å². The Morgan fingerprint density at radius 3 is 2.68 bits per heavy atom. The minimum atomic E-state index is -0.349. The summed E-state index contributed by atoms with van der Waals surface area (Å²) in [6.45, 7) is 3.19. The van der Waals surface area contributed by atoms with Crippen molar-refractivity contribution in [3.63, 3.8) is 0 Å². The van der Waals surface area contributed by atoms with E-state index in [2.05, 4.69) is 0 Å². The lowest BCUT2D eigenvalue weighted by Gasteiger charge is -2.23. The van der Waals surface area contributed by atoms with Crippen LogP contribution >= 0.6 is 11.6 Å². The highest BCUT2D eigenvalue weighted by Gasteiger charge is 2.33. The van der Waals surface area contributed by atoms with Crippen LogP contribution in [0.1, 0.15) is 23.7 Å². The summed E-state index contributed by atoms with van der Waals surface area (Å²) in [6, 6.07) is 10.7. The quantitative estimate of drug-likeness (QED) is 0.891. The van der Waals surface area contributed by atoms with Gasteiger partial charge in [0.15, 0.2) is 0 Å². The molecule has 132 valence electrons. The fourth-order valence-electron chi connectivity index (χ4n) is 3.14. The molecule has 2 aromatic carbocycles. The number of halogens is 2. The van der Waals surface area contributed by atoms with Crippen molar-refractivity contribution in [3.05, 3.63) is 58.9 Å². The first-order chi connectivity index (χ1) is 12.0. The van der Waals surface area contributed by atoms with Crippen LogP contribution < -0.4 is 10.5 Å². The first kappa shape index (κ1) is 17.7. The SMILES string of the molecule is CC1CC(CN)CN1C(=O)c1cc(Cl)ccc1Oc1ccc(F)cc1. The summed E-state index contributed by atoms with van der Waals surface area (Å²) in [5.74, 6) is 0.664. The maximum absolute atomic E-state index is 13.1. The molecule has 1 saturated heterocycles. The highest BCUT2D eigenvalue weighted by atomic mass is 35.5. The highest BCUT2D eigenvalue weighted by molar-refractivity contribution is 6.31. The number of carbonyl (C=O) groups excluding carboxylic acids is 1. The number of hydrogen-bond acceptors (Lipinski definition) is 3. The Labute approximate surface area is 151 Å². The van der Waals surface area contributed by atoms with Gasteiger partial charge < -0.3 is 15.4 Å². The monoisotopic (exact) mass is 362 g/mol. The zero-order valence-corrected chi connectivity index (χ0v) is 14.7. The van der Waals surface area contributed by atoms with Crippen LogP contribution in [0.4, 0.5) is 4.39 Å². The molecule has 3 rings (SSSR count). The van der Waals surface area contributed by atoms with Crippen molar-refractivity contribution < 1.29 is 13.9 Å². The van der Waals surface area contributed by atoms with Crippen molar-refractivity contribution in [1.82, 2.24) is 4.90 Å². The highest BCUT2D eigenvalue weighted by Crippen LogP contribution is 2.32. The van der Waals surface area contributed by atoms with Crippen molar-refractivity contribution >= 4 is 17.5 Å². The molecule has 2 N–H and O–H groups in total. The van der Waals surface area contributed by atoms with E-state index in [-0.39, 0.29) is 17.8 Å². The van der Waals surface area contributed by atoms with Gasteiger partial charge in [-0.25, -0.2) is 4.39 Å². The molecule has 2 atom stereocenters. The fourth-order valence-corrected chi connectivity index (χ4v) is 3.31. The lowest BCUT2D eigenvalue weighted by Crippen LogP contribution is -2.34. The molecular weight excluding hydrogens is 343 g/mol. The number of rotatable bonds is 4. The van der Waals surface area contributed by atoms with Gasteiger partial charge in [0, 0.05) is 17.6 Å². The van der Waals surface area contributed by atoms with Gasteiger partial charge in [-0.1, -0.05) is 11.6 Å². The number of ether oxygens (including phenoxy) is 1. The Morgan fingerprint density at radius 1 is 1.32 bits per heavy atom. The Morgan fingerprint density at radius 2 is 2.04 bits per heavy atom. The molecular formula is C19H20ClFN2O2. The van der Waals surface area contributed by atoms with Crippen LogP contribution in [-0.4, -0.2) is 29.9 Å². The van der Waals surface area contributed by atoms with E-state index in [9.17, 15) is 9.18 Å². The van der Waals surface area contributed by atoms with Crippen LogP contribution in [0.15, 0.2) is 42.5 Å². The van der Waals surface area contributed by atoms with Gasteiger partial charge in [0.05, 0.1) is 5.56 Å². The van der Waals surface area contributed by atoms with Crippen LogP contribution in [-0.2, 0) is 0 Å². The summed E-state index contributed by atoms with van der Waals surface area (Å²) in [5.41, 5.74) is 6.14. The van der Waals surface area contributed by atoms with Gasteiger partial charge in [-0.15, -0.1) is 0 Å². The Kier molecular flexibility index (Phi) is 5.25. The zero-order chi connectivity index (χ0) is 18.0. The van der Waals surface area contributed by atoms with Gasteiger partial charge in [-0.2, -0.15) is 0 Å². The molecule has 2 aromatic rings. The molecule has 6 heteroatoms. The van der Waals surface area contributed by atoms with E-state index in [0.717, 1.165) is 6.42 Å². The first-order valence-corrected chi connectivity index (χ1v) is 8.59. The third-order valence-electron chi connectivity index (χ3n) is 4.47. The number of carbonyl (C=O) groups is 1. The van der Waals surface area contributed by atoms with Crippen LogP contribution in [0.5, 0.6) is 11.5 Å². The molecule has 0 spiro atoms. The number of nitrogens with two attached hydrogens (primary N) is 1. The summed E-state index contributed by atoms with van der Waals surface area (Å²) in [7, 11) is 0. The van der Waals surface area contributed by atoms with Crippen LogP contribution in [0.2, 0.25) is 5.02 Å². The van der Waals surface area contributed by atoms with Crippen molar-refractivity contribution in [1.29, 1.82) is 0 Å². The molecule has 0 aromatic heterocycles. The van der Waals surface area contributed by atoms with Gasteiger partial charge in [0.2, 0.25) is 0 Å². The minimum Gasteiger partial charge on any atom is -0.457 e. The van der Waals surface area contributed by atoms with E-state index >= 15 is 0 Å². The third kappa shape index (κ3) is 3.94. The van der Waals surface area contributed by atoms with Gasteiger partial charge in [0.25, 0.3) is 5.91 Å². The van der Waals surface area contributed by atoms with Gasteiger partial charge in [-0.3, -0.25) is 4.79 Å². The first-order valence-electron chi connectivity index (χ1n) is 8.22. The van der Waals surface area contributed by atoms with Gasteiger partial charge in [-0.05, 0) is 68.3 Å². The van der Waals surface area contributed by atoms with E-state index in [1.807, 2.05) is 6.92 Å². The van der Waals surface area contributed by atoms with Crippen LogP contribution in [0, 0.1) is 11.7 Å². The van der Waals surface area contributed by atoms with Crippen molar-refractivity contribution in [3.8, 4) is 11.5 Å². The lowest BCUT2D eigenvalue weighted by atomic mass is 10.1. The summed E-state index contributed by atoms with van der Waals surface area (Å²) in [4.78, 5) is 14.8. The van der Waals surface area contributed by atoms with Gasteiger partial charge >= 0.3 is 0 Å². The normalized spacial score (nSPS) is 19.9. The maximum Gasteiger partial charge on any atom is 0.257 e. The average Bonchev–Trinajstić information content (AvgIpc) is 2.99. The molecule has 2 unspecified atom stereocenters. The molecule has 0 radical (unpaired) electrons. The summed E-state index contributed by atoms with van der Waals surface area (Å²) < 4.78 is 18.9. The second-order valence-corrected chi connectivity index (χ2v) is 6.78. The molecule has 4 nitrogen and oxygen atoms in total. The summed E-state index contributed by atoms with van der Waals surface area (Å²) >= 11 is 6.09. The predicted molar refractivity (Wildman–Crippen MR) is 95.6 cm³/mol. The van der Waals surface area contributed by atoms with E-state index < -0.39 is 0 Å². The number of nitrogens with zero attached hydrogens (tertiary/aromatic N) is 1. The van der Waals surface area contributed by atoms with Crippen LogP contribution in [0.3, 0.4) is 0 Å². The molecule has 1 amide bonds. The third-order valence-corrected chi connectivity index (χ3v) is 4.70. The topological polar surface area (TPSA) is 55.6 Å². The molecule has 1 aliphatic rings. The minimum absolute atomic E-state index is 0.110. The Balaban J connectivity index is 1.88. The smallest absolute Gasteiger partial charge is 0.257 e. The molecule has 1 fully saturated rings. The zero-order valence-electron chi connectivity index (χ0n) is 13.9. The molecule has 1 heterocycles. The second kappa shape index (κ2) is 7.42. The standard InChI is InChI=1S/C19H20ClFN2O2/c1-12-8-13(10-22)11-23(12)19(24)17-9-14(20)2-7-18(17)25-16-5-3-15(21)4-6-16/h2-7,9,12-13H,8,10-11,22H2,1H3. The molecule has 1 aliphatic heterocycles. The molecule has 0 aliphatic carbocycles. The Bertz CT molecular complexity index is 767. The van der Waals surface area contributed by atoms with E-state index in [4.69, 9.17) is 22.1 Å². The summed E-state index contributed by atoms with van der Waals surface area (Å²) in [5, 5.41) is 0.456. The Hall–Kier alpha value is -2.11. The largest absolute Gasteiger partial charge is 0.457 e. The summed E-state index contributed by atoms with van der Waals surface area (Å²) in [6.07, 6.45) is 0.886. The van der Waals surface area contributed by atoms with Gasteiger partial charge in [0.1, 0.15) is 17.3 Å². The van der Waals surface area contributed by atoms with Crippen LogP contribution in [0.25, 0.3) is 0 Å². The fraction of sp³-hybridized carbons (Fsp3) is 0.316. The average molecular weight is 363 g/mol. The second-order valence-electron chi connectivity index (χ2n) is 6.34. The maximum atomic E-state index is 13.1. The predicted octanol–water partition coefficient (Wildman–Crippen LogP) is 4.08. The molecule has 25 heavy (non-hydrogen) atoms. The molecule has 0 saturated carbocycles. The lowest BCUT2D eigenvalue weighted by molar-refractivity contribution is 0.0741. The number of hydrogen-bond donors (Lipinski definition) is 1.